The summed E-state index contributed by atoms with van der Waals surface area (Å²) in [5.41, 5.74) is 5.49. The molecule has 1 aliphatic rings. The molecule has 3 N–H and O–H groups in total. The molecular formula is C32H32N4O6. The van der Waals surface area contributed by atoms with Crippen LogP contribution >= 0.6 is 0 Å². The number of para-hydroxylation sites is 1. The van der Waals surface area contributed by atoms with Gasteiger partial charge in [-0.1, -0.05) is 18.2 Å². The lowest BCUT2D eigenvalue weighted by Crippen LogP contribution is -2.51. The largest absolute Gasteiger partial charge is 0.497 e. The molecule has 10 nitrogen and oxygen atoms in total. The molecule has 1 aromatic heterocycles. The molecule has 1 fully saturated rings. The highest BCUT2D eigenvalue weighted by Crippen LogP contribution is 2.28. The van der Waals surface area contributed by atoms with Gasteiger partial charge in [-0.3, -0.25) is 24.6 Å². The summed E-state index contributed by atoms with van der Waals surface area (Å²) in [7, 11) is 1.54. The summed E-state index contributed by atoms with van der Waals surface area (Å²) in [4.78, 5) is 44.9. The lowest BCUT2D eigenvalue weighted by Gasteiger charge is -2.36. The normalized spacial score (nSPS) is 16.5. The fourth-order valence-corrected chi connectivity index (χ4v) is 5.26. The first-order chi connectivity index (χ1) is 20.4. The van der Waals surface area contributed by atoms with E-state index in [0.29, 0.717) is 29.4 Å². The summed E-state index contributed by atoms with van der Waals surface area (Å²) in [6.45, 7) is 2.59. The second-order valence-corrected chi connectivity index (χ2v) is 10.2. The summed E-state index contributed by atoms with van der Waals surface area (Å²) in [5, 5.41) is 13.2. The van der Waals surface area contributed by atoms with E-state index in [4.69, 9.17) is 9.47 Å². The Kier molecular flexibility index (Phi) is 8.63. The van der Waals surface area contributed by atoms with Crippen LogP contribution in [0.4, 0.5) is 5.69 Å². The van der Waals surface area contributed by atoms with Gasteiger partial charge in [-0.15, -0.1) is 0 Å². The highest BCUT2D eigenvalue weighted by molar-refractivity contribution is 5.98. The van der Waals surface area contributed by atoms with Crippen LogP contribution in [0.3, 0.4) is 0 Å². The van der Waals surface area contributed by atoms with Gasteiger partial charge >= 0.3 is 0 Å². The van der Waals surface area contributed by atoms with E-state index >= 15 is 0 Å². The maximum absolute atomic E-state index is 13.2. The SMILES string of the molecule is COc1ccc(C(=O)N2CCC(C(=O)Nc3ccc(OCc4cc(C)nc5ccccc45)cc3)[C@@H](C(=O)NO)C2)cc1. The minimum absolute atomic E-state index is 0.00865. The minimum Gasteiger partial charge on any atom is -0.497 e. The molecule has 10 heteroatoms. The van der Waals surface area contributed by atoms with E-state index in [-0.39, 0.29) is 31.3 Å². The van der Waals surface area contributed by atoms with Gasteiger partial charge in [0.05, 0.1) is 24.5 Å². The number of ether oxygens (including phenoxy) is 2. The quantitative estimate of drug-likeness (QED) is 0.213. The van der Waals surface area contributed by atoms with Gasteiger partial charge < -0.3 is 19.7 Å². The molecule has 1 saturated heterocycles. The number of rotatable bonds is 8. The molecule has 0 bridgehead atoms. The Balaban J connectivity index is 1.21. The molecule has 2 atom stereocenters. The van der Waals surface area contributed by atoms with Crippen LogP contribution < -0.4 is 20.3 Å². The van der Waals surface area contributed by atoms with Crippen molar-refractivity contribution < 1.29 is 29.1 Å². The molecule has 42 heavy (non-hydrogen) atoms. The molecule has 4 aromatic rings. The first-order valence-corrected chi connectivity index (χ1v) is 13.6. The van der Waals surface area contributed by atoms with E-state index in [9.17, 15) is 19.6 Å². The molecule has 0 aliphatic carbocycles. The first kappa shape index (κ1) is 28.6. The molecule has 1 unspecified atom stereocenters. The van der Waals surface area contributed by atoms with Crippen LogP contribution in [-0.4, -0.2) is 53.0 Å². The molecule has 216 valence electrons. The third kappa shape index (κ3) is 6.34. The Bertz CT molecular complexity index is 1590. The van der Waals surface area contributed by atoms with E-state index in [1.54, 1.807) is 61.1 Å². The zero-order valence-corrected chi connectivity index (χ0v) is 23.4. The minimum atomic E-state index is -0.924. The van der Waals surface area contributed by atoms with Gasteiger partial charge in [0.1, 0.15) is 18.1 Å². The third-order valence-electron chi connectivity index (χ3n) is 7.47. The van der Waals surface area contributed by atoms with E-state index in [0.717, 1.165) is 22.2 Å². The summed E-state index contributed by atoms with van der Waals surface area (Å²) in [6.07, 6.45) is 0.256. The second-order valence-electron chi connectivity index (χ2n) is 10.2. The van der Waals surface area contributed by atoms with E-state index < -0.39 is 17.7 Å². The number of hydrogen-bond donors (Lipinski definition) is 3. The number of carbonyl (C=O) groups excluding carboxylic acids is 3. The summed E-state index contributed by atoms with van der Waals surface area (Å²) in [5.74, 6) is -1.76. The van der Waals surface area contributed by atoms with Crippen molar-refractivity contribution in [3.63, 3.8) is 0 Å². The van der Waals surface area contributed by atoms with Crippen LogP contribution in [0.1, 0.15) is 28.0 Å². The van der Waals surface area contributed by atoms with Gasteiger partial charge in [-0.2, -0.15) is 0 Å². The summed E-state index contributed by atoms with van der Waals surface area (Å²) >= 11 is 0. The molecular weight excluding hydrogens is 536 g/mol. The van der Waals surface area contributed by atoms with Crippen molar-refractivity contribution in [2.24, 2.45) is 11.8 Å². The average molecular weight is 569 g/mol. The van der Waals surface area contributed by atoms with Crippen LogP contribution in [0.5, 0.6) is 11.5 Å². The maximum atomic E-state index is 13.2. The van der Waals surface area contributed by atoms with Crippen LogP contribution in [-0.2, 0) is 16.2 Å². The van der Waals surface area contributed by atoms with Crippen LogP contribution in [0.2, 0.25) is 0 Å². The highest BCUT2D eigenvalue weighted by Gasteiger charge is 2.40. The van der Waals surface area contributed by atoms with Crippen molar-refractivity contribution in [1.82, 2.24) is 15.4 Å². The van der Waals surface area contributed by atoms with E-state index in [2.05, 4.69) is 10.3 Å². The number of hydroxylamine groups is 1. The predicted molar refractivity (Wildman–Crippen MR) is 156 cm³/mol. The van der Waals surface area contributed by atoms with E-state index in [1.165, 1.54) is 4.90 Å². The third-order valence-corrected chi connectivity index (χ3v) is 7.47. The van der Waals surface area contributed by atoms with Gasteiger partial charge in [0, 0.05) is 41.0 Å². The number of methoxy groups -OCH3 is 1. The smallest absolute Gasteiger partial charge is 0.253 e. The topological polar surface area (TPSA) is 130 Å². The van der Waals surface area contributed by atoms with Crippen LogP contribution in [0.25, 0.3) is 10.9 Å². The molecule has 3 amide bonds. The van der Waals surface area contributed by atoms with Crippen molar-refractivity contribution >= 4 is 34.3 Å². The van der Waals surface area contributed by atoms with Gasteiger partial charge in [-0.05, 0) is 74.0 Å². The number of carbonyl (C=O) groups is 3. The summed E-state index contributed by atoms with van der Waals surface area (Å²) < 4.78 is 11.2. The Hall–Kier alpha value is -4.96. The molecule has 3 aromatic carbocycles. The van der Waals surface area contributed by atoms with Crippen molar-refractivity contribution in [3.8, 4) is 11.5 Å². The van der Waals surface area contributed by atoms with Gasteiger partial charge in [0.15, 0.2) is 0 Å². The Morgan fingerprint density at radius 1 is 0.952 bits per heavy atom. The zero-order chi connectivity index (χ0) is 29.6. The highest BCUT2D eigenvalue weighted by atomic mass is 16.5. The average Bonchev–Trinajstić information content (AvgIpc) is 3.03. The predicted octanol–water partition coefficient (Wildman–Crippen LogP) is 4.35. The lowest BCUT2D eigenvalue weighted by molar-refractivity contribution is -0.141. The van der Waals surface area contributed by atoms with Gasteiger partial charge in [-0.25, -0.2) is 5.48 Å². The lowest BCUT2D eigenvalue weighted by atomic mass is 9.83. The van der Waals surface area contributed by atoms with Gasteiger partial charge in [0.25, 0.3) is 5.91 Å². The number of piperidine rings is 1. The second kappa shape index (κ2) is 12.7. The number of benzene rings is 3. The number of fused-ring (bicyclic) bond motifs is 1. The van der Waals surface area contributed by atoms with Crippen molar-refractivity contribution in [1.29, 1.82) is 0 Å². The van der Waals surface area contributed by atoms with E-state index in [1.807, 2.05) is 37.3 Å². The monoisotopic (exact) mass is 568 g/mol. The molecule has 2 heterocycles. The Labute approximate surface area is 243 Å². The van der Waals surface area contributed by atoms with Gasteiger partial charge in [0.2, 0.25) is 11.8 Å². The number of aromatic nitrogens is 1. The van der Waals surface area contributed by atoms with Crippen molar-refractivity contribution in [2.75, 3.05) is 25.5 Å². The number of nitrogens with zero attached hydrogens (tertiary/aromatic N) is 2. The maximum Gasteiger partial charge on any atom is 0.253 e. The number of hydrogen-bond acceptors (Lipinski definition) is 7. The fraction of sp³-hybridized carbons (Fsp3) is 0.250. The van der Waals surface area contributed by atoms with Crippen LogP contribution in [0.15, 0.2) is 78.9 Å². The molecule has 1 aliphatic heterocycles. The Morgan fingerprint density at radius 3 is 2.38 bits per heavy atom. The zero-order valence-electron chi connectivity index (χ0n) is 23.4. The van der Waals surface area contributed by atoms with Crippen LogP contribution in [0, 0.1) is 18.8 Å². The number of nitrogens with one attached hydrogen (secondary N) is 2. The number of likely N-dealkylation sites (tertiary alicyclic amines) is 1. The first-order valence-electron chi connectivity index (χ1n) is 13.6. The molecule has 0 radical (unpaired) electrons. The number of amides is 3. The summed E-state index contributed by atoms with van der Waals surface area (Å²) in [6, 6.07) is 23.6. The Morgan fingerprint density at radius 2 is 1.67 bits per heavy atom. The number of anilines is 1. The number of pyridine rings is 1. The fourth-order valence-electron chi connectivity index (χ4n) is 5.26. The molecule has 0 spiro atoms. The molecule has 5 rings (SSSR count). The number of aryl methyl sites for hydroxylation is 1. The molecule has 0 saturated carbocycles. The van der Waals surface area contributed by atoms with Crippen molar-refractivity contribution in [3.05, 3.63) is 95.7 Å². The van der Waals surface area contributed by atoms with Crippen molar-refractivity contribution in [2.45, 2.75) is 20.0 Å². The standard InChI is InChI=1S/C32H32N4O6/c1-20-17-22(26-5-3-4-6-29(26)33-20)19-42-25-13-9-23(10-14-25)34-30(37)27-15-16-36(18-28(27)31(38)35-40)32(39)21-7-11-24(41-2)12-8-21/h3-14,17,27-28,40H,15-16,18-19H2,1-2H3,(H,34,37)(H,35,38)/t27?,28-/m0/s1.